The van der Waals surface area contributed by atoms with Gasteiger partial charge in [0.05, 0.1) is 0 Å². The molecular weight excluding hydrogens is 599 g/mol. The average Bonchev–Trinajstić information content (AvgIpc) is 3.52. The summed E-state index contributed by atoms with van der Waals surface area (Å²) in [6.07, 6.45) is 7.89. The molecule has 4 aromatic carbocycles. The van der Waals surface area contributed by atoms with E-state index >= 15 is 0 Å². The Bertz CT molecular complexity index is 1740. The van der Waals surface area contributed by atoms with Gasteiger partial charge < -0.3 is 24.8 Å². The van der Waals surface area contributed by atoms with E-state index in [4.69, 9.17) is 0 Å². The van der Waals surface area contributed by atoms with Gasteiger partial charge in [0.25, 0.3) is 0 Å². The molecule has 0 atom stereocenters. The number of benzene rings is 4. The van der Waals surface area contributed by atoms with E-state index in [1.165, 1.54) is 82.3 Å². The van der Waals surface area contributed by atoms with E-state index in [1.807, 2.05) is 0 Å². The summed E-state index contributed by atoms with van der Waals surface area (Å²) in [5, 5.41) is 7.25. The van der Waals surface area contributed by atoms with Crippen molar-refractivity contribution < 1.29 is 49.5 Å². The van der Waals surface area contributed by atoms with E-state index in [0.717, 1.165) is 6.42 Å². The summed E-state index contributed by atoms with van der Waals surface area (Å²) in [6, 6.07) is 33.7. The fourth-order valence-electron chi connectivity index (χ4n) is 5.70. The molecule has 4 heteroatoms. The van der Waals surface area contributed by atoms with E-state index in [1.54, 1.807) is 5.19 Å². The van der Waals surface area contributed by atoms with Gasteiger partial charge in [0.1, 0.15) is 0 Å². The van der Waals surface area contributed by atoms with E-state index < -0.39 is 8.07 Å². The molecule has 0 radical (unpaired) electrons. The number of halogens is 2. The van der Waals surface area contributed by atoms with Gasteiger partial charge >= 0.3 is 231 Å². The van der Waals surface area contributed by atoms with Gasteiger partial charge in [-0.2, -0.15) is 0 Å². The molecule has 6 rings (SSSR count). The molecule has 0 bridgehead atoms. The number of fused-ring (bicyclic) bond motifs is 2. The van der Waals surface area contributed by atoms with Crippen molar-refractivity contribution in [1.82, 2.24) is 0 Å². The Hall–Kier alpha value is -2.22. The van der Waals surface area contributed by atoms with E-state index in [-0.39, 0.29) is 24.8 Å². The predicted molar refractivity (Wildman–Crippen MR) is 152 cm³/mol. The maximum atomic E-state index is 2.57. The SMILES string of the molecule is C[Si](C)(C)c1cc2c(c(C3=CC=CC3)c1=C(c1ccccc1)c1ccccc1)[C]([Zr+2])=c1ccccc1=2.[Cl-].[Cl-]. The van der Waals surface area contributed by atoms with Crippen molar-refractivity contribution in [1.29, 1.82) is 0 Å². The molecule has 0 saturated carbocycles. The number of hydrogen-bond acceptors (Lipinski definition) is 0. The Labute approximate surface area is 253 Å². The smallest absolute Gasteiger partial charge is 1.00 e. The molecule has 187 valence electrons. The number of rotatable bonds is 4. The second-order valence-electron chi connectivity index (χ2n) is 10.7. The van der Waals surface area contributed by atoms with Crippen LogP contribution in [0.15, 0.2) is 109 Å². The molecule has 0 heterocycles. The summed E-state index contributed by atoms with van der Waals surface area (Å²) in [5.41, 5.74) is 8.30. The van der Waals surface area contributed by atoms with E-state index in [0.29, 0.717) is 0 Å². The minimum absolute atomic E-state index is 0. The molecule has 2 aliphatic rings. The topological polar surface area (TPSA) is 0 Å². The minimum atomic E-state index is -1.75. The summed E-state index contributed by atoms with van der Waals surface area (Å²) < 4.78 is 1.49. The van der Waals surface area contributed by atoms with Crippen LogP contribution in [0.3, 0.4) is 0 Å². The fraction of sp³-hybridized carbons (Fsp3) is 0.118. The number of allylic oxidation sites excluding steroid dienone is 4. The van der Waals surface area contributed by atoms with Crippen LogP contribution >= 0.6 is 0 Å². The van der Waals surface area contributed by atoms with Crippen molar-refractivity contribution in [3.8, 4) is 0 Å². The van der Waals surface area contributed by atoms with Crippen molar-refractivity contribution in [3.05, 3.63) is 152 Å². The molecule has 0 spiro atoms. The first kappa shape index (κ1) is 28.8. The molecule has 0 amide bonds. The standard InChI is InChI=1S/C34H29Si.2ClH.Zr/c1-35(2,3)31-23-29-28-21-13-12-20-27(28)22-30(29)33(26-18-10-11-19-26)34(31)32(24-14-6-4-7-15-24)25-16-8-5-9-17-25;;;/h4-18,20-21,23H,19H2,1-3H3;2*1H;/q;;;+2/p-2. The van der Waals surface area contributed by atoms with Crippen LogP contribution in [-0.2, 0) is 24.7 Å². The monoisotopic (exact) mass is 625 g/mol. The Balaban J connectivity index is 0.00000168. The van der Waals surface area contributed by atoms with Crippen LogP contribution in [0.4, 0.5) is 0 Å². The van der Waals surface area contributed by atoms with Crippen LogP contribution in [-0.4, -0.2) is 8.07 Å². The third-order valence-electron chi connectivity index (χ3n) is 7.34. The van der Waals surface area contributed by atoms with Gasteiger partial charge in [0.15, 0.2) is 0 Å². The van der Waals surface area contributed by atoms with Crippen LogP contribution in [0, 0.1) is 10.4 Å². The molecule has 2 aliphatic carbocycles. The summed E-state index contributed by atoms with van der Waals surface area (Å²) in [6.45, 7) is 7.50. The zero-order valence-electron chi connectivity index (χ0n) is 21.9. The summed E-state index contributed by atoms with van der Waals surface area (Å²) in [7, 11) is -1.75. The zero-order valence-corrected chi connectivity index (χ0v) is 26.8. The Kier molecular flexibility index (Phi) is 8.70. The molecular formula is C34H29Cl2SiZr. The third kappa shape index (κ3) is 4.93. The largest absolute Gasteiger partial charge is 1.00 e. The minimum Gasteiger partial charge on any atom is -1.00 e. The van der Waals surface area contributed by atoms with Crippen molar-refractivity contribution in [3.63, 3.8) is 0 Å². The molecule has 0 unspecified atom stereocenters. The quantitative estimate of drug-likeness (QED) is 0.283. The third-order valence-corrected chi connectivity index (χ3v) is 10.6. The second kappa shape index (κ2) is 11.5. The molecule has 4 aromatic rings. The molecule has 0 saturated heterocycles. The molecule has 0 aliphatic heterocycles. The van der Waals surface area contributed by atoms with E-state index in [9.17, 15) is 0 Å². The van der Waals surface area contributed by atoms with Crippen LogP contribution in [0.5, 0.6) is 0 Å². The van der Waals surface area contributed by atoms with Crippen molar-refractivity contribution in [2.75, 3.05) is 0 Å². The Morgan fingerprint density at radius 2 is 1.24 bits per heavy atom. The summed E-state index contributed by atoms with van der Waals surface area (Å²) in [5.74, 6) is 0. The fourth-order valence-corrected chi connectivity index (χ4v) is 8.45. The van der Waals surface area contributed by atoms with E-state index in [2.05, 4.69) is 129 Å². The van der Waals surface area contributed by atoms with Crippen LogP contribution in [0.25, 0.3) is 14.4 Å². The van der Waals surface area contributed by atoms with Crippen molar-refractivity contribution >= 4 is 27.7 Å². The van der Waals surface area contributed by atoms with Crippen LogP contribution in [0.2, 0.25) is 19.6 Å². The maximum absolute atomic E-state index is 2.57. The summed E-state index contributed by atoms with van der Waals surface area (Å²) in [4.78, 5) is 0. The predicted octanol–water partition coefficient (Wildman–Crippen LogP) is 0.134. The van der Waals surface area contributed by atoms with Gasteiger partial charge in [-0.05, 0) is 0 Å². The van der Waals surface area contributed by atoms with Crippen molar-refractivity contribution in [2.24, 2.45) is 0 Å². The second-order valence-corrected chi connectivity index (χ2v) is 17.0. The van der Waals surface area contributed by atoms with Crippen LogP contribution in [0.1, 0.15) is 28.7 Å². The molecule has 0 fully saturated rings. The van der Waals surface area contributed by atoms with Crippen LogP contribution < -0.4 is 40.4 Å². The maximum Gasteiger partial charge on any atom is -1.00 e. The van der Waals surface area contributed by atoms with Crippen molar-refractivity contribution in [2.45, 2.75) is 26.1 Å². The number of hydrogen-bond donors (Lipinski definition) is 0. The first-order chi connectivity index (χ1) is 17.4. The molecule has 0 N–H and O–H groups in total. The first-order valence-corrected chi connectivity index (χ1v) is 17.4. The van der Waals surface area contributed by atoms with Gasteiger partial charge in [-0.15, -0.1) is 0 Å². The molecule has 0 nitrogen and oxygen atoms in total. The summed E-state index contributed by atoms with van der Waals surface area (Å²) >= 11 is 1.48. The normalized spacial score (nSPS) is 13.3. The zero-order chi connectivity index (χ0) is 24.9. The van der Waals surface area contributed by atoms with Gasteiger partial charge in [-0.1, -0.05) is 0 Å². The molecule has 0 aromatic heterocycles. The van der Waals surface area contributed by atoms with Gasteiger partial charge in [0, 0.05) is 0 Å². The Morgan fingerprint density at radius 3 is 1.76 bits per heavy atom. The van der Waals surface area contributed by atoms with Gasteiger partial charge in [0.2, 0.25) is 0 Å². The Morgan fingerprint density at radius 1 is 0.684 bits per heavy atom. The van der Waals surface area contributed by atoms with Gasteiger partial charge in [-0.3, -0.25) is 0 Å². The molecule has 38 heavy (non-hydrogen) atoms. The average molecular weight is 628 g/mol. The van der Waals surface area contributed by atoms with Gasteiger partial charge in [-0.25, -0.2) is 0 Å². The first-order valence-electron chi connectivity index (χ1n) is 12.7.